The van der Waals surface area contributed by atoms with Gasteiger partial charge in [0.05, 0.1) is 18.5 Å². The molecular weight excluding hydrogens is 420 g/mol. The van der Waals surface area contributed by atoms with Crippen molar-refractivity contribution >= 4 is 33.2 Å². The number of rotatable bonds is 11. The standard InChI is InChI=1S/C23H31ClN2O3S/c1-4-6-9-18(5-2)16-25-23(27)19-12-14-21(15-13-19)26(30(3,28)29)17-20-10-7-8-11-22(20)24/h7-8,10-15,18H,4-6,9,16-17H2,1-3H3,(H,25,27)/t18-/m0/s1. The molecular formula is C23H31ClN2O3S. The molecule has 0 saturated heterocycles. The van der Waals surface area contributed by atoms with Gasteiger partial charge in [-0.05, 0) is 48.2 Å². The van der Waals surface area contributed by atoms with E-state index in [2.05, 4.69) is 19.2 Å². The Kier molecular flexibility index (Phi) is 9.18. The van der Waals surface area contributed by atoms with Crippen molar-refractivity contribution in [2.75, 3.05) is 17.1 Å². The van der Waals surface area contributed by atoms with Crippen molar-refractivity contribution in [2.45, 2.75) is 46.1 Å². The van der Waals surface area contributed by atoms with E-state index in [4.69, 9.17) is 11.6 Å². The third-order valence-electron chi connectivity index (χ3n) is 5.18. The van der Waals surface area contributed by atoms with Crippen LogP contribution in [0.1, 0.15) is 55.5 Å². The Hall–Kier alpha value is -2.05. The lowest BCUT2D eigenvalue weighted by Gasteiger charge is -2.23. The Morgan fingerprint density at radius 3 is 2.33 bits per heavy atom. The molecule has 0 saturated carbocycles. The third-order valence-corrected chi connectivity index (χ3v) is 6.69. The van der Waals surface area contributed by atoms with Gasteiger partial charge in [-0.1, -0.05) is 62.9 Å². The SMILES string of the molecule is CCCC[C@H](CC)CNC(=O)c1ccc(N(Cc2ccccc2Cl)S(C)(=O)=O)cc1. The molecule has 5 nitrogen and oxygen atoms in total. The van der Waals surface area contributed by atoms with E-state index in [1.165, 1.54) is 4.31 Å². The first-order valence-corrected chi connectivity index (χ1v) is 12.6. The normalized spacial score (nSPS) is 12.4. The molecule has 2 aromatic rings. The largest absolute Gasteiger partial charge is 0.352 e. The van der Waals surface area contributed by atoms with Crippen LogP contribution in [0.3, 0.4) is 0 Å². The average molecular weight is 451 g/mol. The second kappa shape index (κ2) is 11.4. The zero-order chi connectivity index (χ0) is 22.1. The molecule has 0 aromatic heterocycles. The fraction of sp³-hybridized carbons (Fsp3) is 0.435. The number of hydrogen-bond acceptors (Lipinski definition) is 3. The number of nitrogens with one attached hydrogen (secondary N) is 1. The van der Waals surface area contributed by atoms with Gasteiger partial charge < -0.3 is 5.32 Å². The summed E-state index contributed by atoms with van der Waals surface area (Å²) in [6, 6.07) is 13.8. The maximum Gasteiger partial charge on any atom is 0.251 e. The number of sulfonamides is 1. The highest BCUT2D eigenvalue weighted by atomic mass is 35.5. The van der Waals surface area contributed by atoms with Crippen LogP contribution >= 0.6 is 11.6 Å². The molecule has 2 aromatic carbocycles. The number of carbonyl (C=O) groups is 1. The Morgan fingerprint density at radius 2 is 1.77 bits per heavy atom. The number of nitrogens with zero attached hydrogens (tertiary/aromatic N) is 1. The smallest absolute Gasteiger partial charge is 0.251 e. The van der Waals surface area contributed by atoms with Crippen LogP contribution in [0.4, 0.5) is 5.69 Å². The van der Waals surface area contributed by atoms with Gasteiger partial charge in [0.15, 0.2) is 0 Å². The summed E-state index contributed by atoms with van der Waals surface area (Å²) >= 11 is 6.20. The van der Waals surface area contributed by atoms with E-state index in [1.54, 1.807) is 42.5 Å². The predicted octanol–water partition coefficient (Wildman–Crippen LogP) is 5.25. The maximum absolute atomic E-state index is 12.5. The van der Waals surface area contributed by atoms with Crippen molar-refractivity contribution in [1.82, 2.24) is 5.32 Å². The fourth-order valence-electron chi connectivity index (χ4n) is 3.24. The minimum atomic E-state index is -3.53. The van der Waals surface area contributed by atoms with Gasteiger partial charge in [-0.3, -0.25) is 9.10 Å². The Bertz CT molecular complexity index is 930. The van der Waals surface area contributed by atoms with Crippen LogP contribution in [0.2, 0.25) is 5.02 Å². The molecule has 1 atom stereocenters. The predicted molar refractivity (Wildman–Crippen MR) is 125 cm³/mol. The average Bonchev–Trinajstić information content (AvgIpc) is 2.72. The lowest BCUT2D eigenvalue weighted by molar-refractivity contribution is 0.0946. The zero-order valence-corrected chi connectivity index (χ0v) is 19.5. The quantitative estimate of drug-likeness (QED) is 0.508. The van der Waals surface area contributed by atoms with Gasteiger partial charge in [-0.2, -0.15) is 0 Å². The van der Waals surface area contributed by atoms with Gasteiger partial charge in [0.2, 0.25) is 10.0 Å². The van der Waals surface area contributed by atoms with Crippen molar-refractivity contribution in [1.29, 1.82) is 0 Å². The molecule has 164 valence electrons. The second-order valence-corrected chi connectivity index (χ2v) is 9.85. The first-order valence-electron chi connectivity index (χ1n) is 10.4. The molecule has 1 N–H and O–H groups in total. The van der Waals surface area contributed by atoms with E-state index < -0.39 is 10.0 Å². The number of hydrogen-bond donors (Lipinski definition) is 1. The molecule has 0 unspecified atom stereocenters. The first-order chi connectivity index (χ1) is 14.3. The molecule has 0 aliphatic heterocycles. The first kappa shape index (κ1) is 24.2. The molecule has 7 heteroatoms. The van der Waals surface area contributed by atoms with Gasteiger partial charge >= 0.3 is 0 Å². The van der Waals surface area contributed by atoms with Crippen LogP contribution in [0.5, 0.6) is 0 Å². The van der Waals surface area contributed by atoms with E-state index in [9.17, 15) is 13.2 Å². The summed E-state index contributed by atoms with van der Waals surface area (Å²) in [5, 5.41) is 3.51. The van der Waals surface area contributed by atoms with Gasteiger partial charge in [0.25, 0.3) is 5.91 Å². The summed E-state index contributed by atoms with van der Waals surface area (Å²) in [4.78, 5) is 12.5. The molecule has 0 fully saturated rings. The maximum atomic E-state index is 12.5. The number of amides is 1. The third kappa shape index (κ3) is 7.03. The molecule has 0 heterocycles. The van der Waals surface area contributed by atoms with Crippen LogP contribution < -0.4 is 9.62 Å². The van der Waals surface area contributed by atoms with Crippen molar-refractivity contribution in [3.05, 3.63) is 64.7 Å². The number of benzene rings is 2. The molecule has 0 aliphatic carbocycles. The van der Waals surface area contributed by atoms with Gasteiger partial charge in [0, 0.05) is 17.1 Å². The summed E-state index contributed by atoms with van der Waals surface area (Å²) in [5.41, 5.74) is 1.71. The summed E-state index contributed by atoms with van der Waals surface area (Å²) in [5.74, 6) is 0.332. The molecule has 0 spiro atoms. The van der Waals surface area contributed by atoms with Crippen LogP contribution in [0, 0.1) is 5.92 Å². The number of carbonyl (C=O) groups excluding carboxylic acids is 1. The number of unbranched alkanes of at least 4 members (excludes halogenated alkanes) is 1. The Labute approximate surface area is 185 Å². The van der Waals surface area contributed by atoms with Crippen molar-refractivity contribution in [2.24, 2.45) is 5.92 Å². The summed E-state index contributed by atoms with van der Waals surface area (Å²) in [7, 11) is -3.53. The van der Waals surface area contributed by atoms with E-state index in [-0.39, 0.29) is 12.5 Å². The molecule has 2 rings (SSSR count). The summed E-state index contributed by atoms with van der Waals surface area (Å²) < 4.78 is 26.0. The van der Waals surface area contributed by atoms with Crippen molar-refractivity contribution in [3.63, 3.8) is 0 Å². The summed E-state index contributed by atoms with van der Waals surface area (Å²) in [6.45, 7) is 5.08. The molecule has 30 heavy (non-hydrogen) atoms. The fourth-order valence-corrected chi connectivity index (χ4v) is 4.32. The Morgan fingerprint density at radius 1 is 1.10 bits per heavy atom. The van der Waals surface area contributed by atoms with Gasteiger partial charge in [-0.15, -0.1) is 0 Å². The van der Waals surface area contributed by atoms with E-state index in [0.29, 0.717) is 34.3 Å². The zero-order valence-electron chi connectivity index (χ0n) is 17.9. The molecule has 1 amide bonds. The van der Waals surface area contributed by atoms with Crippen LogP contribution in [-0.2, 0) is 16.6 Å². The Balaban J connectivity index is 2.11. The molecule has 0 aliphatic rings. The highest BCUT2D eigenvalue weighted by Crippen LogP contribution is 2.24. The number of halogens is 1. The minimum absolute atomic E-state index is 0.125. The lowest BCUT2D eigenvalue weighted by Crippen LogP contribution is -2.30. The van der Waals surface area contributed by atoms with Gasteiger partial charge in [0.1, 0.15) is 0 Å². The van der Waals surface area contributed by atoms with Crippen LogP contribution in [0.25, 0.3) is 0 Å². The van der Waals surface area contributed by atoms with E-state index >= 15 is 0 Å². The highest BCUT2D eigenvalue weighted by molar-refractivity contribution is 7.92. The second-order valence-electron chi connectivity index (χ2n) is 7.53. The molecule has 0 bridgehead atoms. The monoisotopic (exact) mass is 450 g/mol. The topological polar surface area (TPSA) is 66.5 Å². The minimum Gasteiger partial charge on any atom is -0.352 e. The van der Waals surface area contributed by atoms with Crippen LogP contribution in [-0.4, -0.2) is 27.1 Å². The van der Waals surface area contributed by atoms with Crippen LogP contribution in [0.15, 0.2) is 48.5 Å². The van der Waals surface area contributed by atoms with Crippen molar-refractivity contribution in [3.8, 4) is 0 Å². The highest BCUT2D eigenvalue weighted by Gasteiger charge is 2.19. The lowest BCUT2D eigenvalue weighted by atomic mass is 9.99. The van der Waals surface area contributed by atoms with Crippen molar-refractivity contribution < 1.29 is 13.2 Å². The van der Waals surface area contributed by atoms with Gasteiger partial charge in [-0.25, -0.2) is 8.42 Å². The molecule has 0 radical (unpaired) electrons. The number of anilines is 1. The summed E-state index contributed by atoms with van der Waals surface area (Å²) in [6.07, 6.45) is 5.61. The van der Waals surface area contributed by atoms with E-state index in [0.717, 1.165) is 31.9 Å². The van der Waals surface area contributed by atoms with E-state index in [1.807, 2.05) is 6.07 Å².